The number of benzene rings is 1. The number of ether oxygens (including phenoxy) is 1. The lowest BCUT2D eigenvalue weighted by molar-refractivity contribution is -0.137. The molecule has 0 bridgehead atoms. The Morgan fingerprint density at radius 1 is 1.10 bits per heavy atom. The maximum Gasteiger partial charge on any atom is 0.416 e. The van der Waals surface area contributed by atoms with E-state index >= 15 is 0 Å². The lowest BCUT2D eigenvalue weighted by Gasteiger charge is -2.34. The molecule has 29 heavy (non-hydrogen) atoms. The molecule has 1 fully saturated rings. The zero-order valence-corrected chi connectivity index (χ0v) is 15.2. The molecule has 1 aliphatic heterocycles. The number of carbonyl (C=O) groups is 2. The molecule has 3 rings (SSSR count). The summed E-state index contributed by atoms with van der Waals surface area (Å²) in [5, 5.41) is 0. The Kier molecular flexibility index (Phi) is 5.85. The average Bonchev–Trinajstić information content (AvgIpc) is 2.72. The van der Waals surface area contributed by atoms with Crippen molar-refractivity contribution in [2.75, 3.05) is 43.4 Å². The fraction of sp³-hybridized carbons (Fsp3) is 0.333. The number of amides is 1. The van der Waals surface area contributed by atoms with E-state index in [4.69, 9.17) is 10.5 Å². The number of nitrogen functional groups attached to an aromatic ring is 1. The highest BCUT2D eigenvalue weighted by atomic mass is 19.4. The molecule has 0 unspecified atom stereocenters. The van der Waals surface area contributed by atoms with Gasteiger partial charge < -0.3 is 20.3 Å². The first-order chi connectivity index (χ1) is 13.8. The van der Waals surface area contributed by atoms with Gasteiger partial charge in [0.2, 0.25) is 5.95 Å². The molecule has 0 radical (unpaired) electrons. The minimum atomic E-state index is -4.57. The number of halogens is 3. The quantitative estimate of drug-likeness (QED) is 0.604. The summed E-state index contributed by atoms with van der Waals surface area (Å²) in [6.07, 6.45) is -1.31. The number of nitrogens with two attached hydrogens (primary N) is 1. The van der Waals surface area contributed by atoms with Crippen LogP contribution in [-0.2, 0) is 15.7 Å². The normalized spacial score (nSPS) is 14.6. The summed E-state index contributed by atoms with van der Waals surface area (Å²) in [6, 6.07) is 4.04. The Bertz CT molecular complexity index is 884. The zero-order chi connectivity index (χ0) is 21.0. The van der Waals surface area contributed by atoms with Crippen LogP contribution in [0.5, 0.6) is 0 Å². The second-order valence-corrected chi connectivity index (χ2v) is 6.29. The summed E-state index contributed by atoms with van der Waals surface area (Å²) in [5.41, 5.74) is 3.96. The van der Waals surface area contributed by atoms with Crippen LogP contribution >= 0.6 is 0 Å². The van der Waals surface area contributed by atoms with Gasteiger partial charge in [0.1, 0.15) is 0 Å². The van der Waals surface area contributed by atoms with E-state index in [2.05, 4.69) is 9.97 Å². The number of anilines is 2. The van der Waals surface area contributed by atoms with E-state index in [1.165, 1.54) is 4.90 Å². The van der Waals surface area contributed by atoms with Gasteiger partial charge in [0.25, 0.3) is 5.91 Å². The van der Waals surface area contributed by atoms with Gasteiger partial charge in [0.05, 0.1) is 11.1 Å². The molecular formula is C18H18F3N5O3. The van der Waals surface area contributed by atoms with Gasteiger partial charge in [-0.05, 0) is 24.3 Å². The number of rotatable bonds is 4. The molecule has 154 valence electrons. The summed E-state index contributed by atoms with van der Waals surface area (Å²) in [4.78, 5) is 36.1. The lowest BCUT2D eigenvalue weighted by atomic mass is 10.1. The molecule has 11 heteroatoms. The van der Waals surface area contributed by atoms with Gasteiger partial charge in [-0.1, -0.05) is 0 Å². The maximum atomic E-state index is 12.7. The van der Waals surface area contributed by atoms with Gasteiger partial charge in [-0.15, -0.1) is 0 Å². The van der Waals surface area contributed by atoms with Gasteiger partial charge >= 0.3 is 12.1 Å². The van der Waals surface area contributed by atoms with Crippen LogP contribution in [0.1, 0.15) is 15.9 Å². The van der Waals surface area contributed by atoms with Crippen LogP contribution < -0.4 is 10.6 Å². The smallest absolute Gasteiger partial charge is 0.416 e. The maximum absolute atomic E-state index is 12.7. The Morgan fingerprint density at radius 3 is 2.34 bits per heavy atom. The standard InChI is InChI=1S/C18H18F3N5O3/c19-18(20,21)12-2-3-13(14(22)10-12)16(28)29-11-15(27)25-6-8-26(9-7-25)17-23-4-1-5-24-17/h1-5,10H,6-9,11,22H2. The highest BCUT2D eigenvalue weighted by Gasteiger charge is 2.31. The first-order valence-electron chi connectivity index (χ1n) is 8.69. The zero-order valence-electron chi connectivity index (χ0n) is 15.2. The van der Waals surface area contributed by atoms with Gasteiger partial charge in [-0.2, -0.15) is 13.2 Å². The fourth-order valence-electron chi connectivity index (χ4n) is 2.83. The van der Waals surface area contributed by atoms with Crippen molar-refractivity contribution < 1.29 is 27.5 Å². The number of alkyl halides is 3. The second-order valence-electron chi connectivity index (χ2n) is 6.29. The van der Waals surface area contributed by atoms with Gasteiger partial charge in [0, 0.05) is 44.3 Å². The van der Waals surface area contributed by atoms with Crippen LogP contribution in [-0.4, -0.2) is 59.5 Å². The predicted octanol–water partition coefficient (Wildman–Crippen LogP) is 1.58. The molecule has 8 nitrogen and oxygen atoms in total. The molecule has 2 heterocycles. The molecule has 1 saturated heterocycles. The number of aromatic nitrogens is 2. The highest BCUT2D eigenvalue weighted by Crippen LogP contribution is 2.31. The third-order valence-corrected chi connectivity index (χ3v) is 4.39. The number of piperazine rings is 1. The Labute approximate surface area is 164 Å². The van der Waals surface area contributed by atoms with Crippen molar-refractivity contribution in [1.82, 2.24) is 14.9 Å². The third-order valence-electron chi connectivity index (χ3n) is 4.39. The van der Waals surface area contributed by atoms with Crippen molar-refractivity contribution in [3.8, 4) is 0 Å². The molecule has 2 N–H and O–H groups in total. The lowest BCUT2D eigenvalue weighted by Crippen LogP contribution is -2.50. The minimum Gasteiger partial charge on any atom is -0.452 e. The van der Waals surface area contributed by atoms with Gasteiger partial charge in [-0.25, -0.2) is 14.8 Å². The van der Waals surface area contributed by atoms with E-state index in [0.29, 0.717) is 38.2 Å². The van der Waals surface area contributed by atoms with E-state index in [0.717, 1.165) is 12.1 Å². The number of nitrogens with zero attached hydrogens (tertiary/aromatic N) is 4. The summed E-state index contributed by atoms with van der Waals surface area (Å²) in [5.74, 6) is -0.790. The van der Waals surface area contributed by atoms with E-state index in [1.54, 1.807) is 18.5 Å². The fourth-order valence-corrected chi connectivity index (χ4v) is 2.83. The number of hydrogen-bond acceptors (Lipinski definition) is 7. The topological polar surface area (TPSA) is 102 Å². The Balaban J connectivity index is 1.51. The molecule has 2 aromatic rings. The predicted molar refractivity (Wildman–Crippen MR) is 97.0 cm³/mol. The molecule has 1 aliphatic rings. The van der Waals surface area contributed by atoms with E-state index < -0.39 is 30.2 Å². The van der Waals surface area contributed by atoms with Crippen LogP contribution in [0.3, 0.4) is 0 Å². The molecule has 0 atom stereocenters. The minimum absolute atomic E-state index is 0.225. The molecule has 1 aromatic heterocycles. The van der Waals surface area contributed by atoms with Crippen LogP contribution in [0, 0.1) is 0 Å². The summed E-state index contributed by atoms with van der Waals surface area (Å²) in [6.45, 7) is 1.32. The van der Waals surface area contributed by atoms with E-state index in [-0.39, 0.29) is 11.3 Å². The third kappa shape index (κ3) is 4.92. The van der Waals surface area contributed by atoms with E-state index in [9.17, 15) is 22.8 Å². The van der Waals surface area contributed by atoms with Crippen LogP contribution in [0.15, 0.2) is 36.7 Å². The molecule has 1 amide bonds. The van der Waals surface area contributed by atoms with Crippen molar-refractivity contribution in [3.63, 3.8) is 0 Å². The molecular weight excluding hydrogens is 391 g/mol. The number of carbonyl (C=O) groups excluding carboxylic acids is 2. The van der Waals surface area contributed by atoms with Crippen molar-refractivity contribution in [1.29, 1.82) is 0 Å². The first kappa shape index (κ1) is 20.4. The Hall–Kier alpha value is -3.37. The average molecular weight is 409 g/mol. The SMILES string of the molecule is Nc1cc(C(F)(F)F)ccc1C(=O)OCC(=O)N1CCN(c2ncccn2)CC1. The second kappa shape index (κ2) is 8.33. The van der Waals surface area contributed by atoms with Crippen molar-refractivity contribution >= 4 is 23.5 Å². The largest absolute Gasteiger partial charge is 0.452 e. The summed E-state index contributed by atoms with van der Waals surface area (Å²) >= 11 is 0. The molecule has 0 aliphatic carbocycles. The van der Waals surface area contributed by atoms with Crippen molar-refractivity contribution in [2.24, 2.45) is 0 Å². The molecule has 0 spiro atoms. The van der Waals surface area contributed by atoms with Crippen LogP contribution in [0.2, 0.25) is 0 Å². The first-order valence-corrected chi connectivity index (χ1v) is 8.69. The van der Waals surface area contributed by atoms with Crippen molar-refractivity contribution in [2.45, 2.75) is 6.18 Å². The number of hydrogen-bond donors (Lipinski definition) is 1. The monoisotopic (exact) mass is 409 g/mol. The number of esters is 1. The molecule has 0 saturated carbocycles. The van der Waals surface area contributed by atoms with Gasteiger partial charge in [-0.3, -0.25) is 4.79 Å². The Morgan fingerprint density at radius 2 is 1.76 bits per heavy atom. The summed E-state index contributed by atoms with van der Waals surface area (Å²) < 4.78 is 42.9. The molecule has 1 aromatic carbocycles. The van der Waals surface area contributed by atoms with Crippen molar-refractivity contribution in [3.05, 3.63) is 47.8 Å². The van der Waals surface area contributed by atoms with Crippen LogP contribution in [0.25, 0.3) is 0 Å². The highest BCUT2D eigenvalue weighted by molar-refractivity contribution is 5.96. The van der Waals surface area contributed by atoms with E-state index in [1.807, 2.05) is 4.90 Å². The summed E-state index contributed by atoms with van der Waals surface area (Å²) in [7, 11) is 0. The van der Waals surface area contributed by atoms with Crippen LogP contribution in [0.4, 0.5) is 24.8 Å². The van der Waals surface area contributed by atoms with Gasteiger partial charge in [0.15, 0.2) is 6.61 Å².